The first-order valence-electron chi connectivity index (χ1n) is 9.69. The second-order valence-corrected chi connectivity index (χ2v) is 8.59. The SMILES string of the molecule is COc1ccc(Cn2c(C3CCN(C(=O)c4ccc(C)s4)CC3)n[nH]c2=O)cc1. The van der Waals surface area contributed by atoms with Crippen molar-refractivity contribution in [2.75, 3.05) is 20.2 Å². The van der Waals surface area contributed by atoms with Crippen LogP contribution in [0.15, 0.2) is 41.2 Å². The average Bonchev–Trinajstić information content (AvgIpc) is 3.34. The third-order valence-electron chi connectivity index (χ3n) is 5.39. The number of thiophene rings is 1. The van der Waals surface area contributed by atoms with E-state index in [0.717, 1.165) is 39.7 Å². The van der Waals surface area contributed by atoms with Gasteiger partial charge in [-0.1, -0.05) is 12.1 Å². The van der Waals surface area contributed by atoms with Gasteiger partial charge in [-0.2, -0.15) is 5.10 Å². The van der Waals surface area contributed by atoms with Crippen LogP contribution in [-0.2, 0) is 6.54 Å². The van der Waals surface area contributed by atoms with Gasteiger partial charge in [0.25, 0.3) is 5.91 Å². The number of methoxy groups -OCH3 is 1. The summed E-state index contributed by atoms with van der Waals surface area (Å²) in [6.07, 6.45) is 1.59. The van der Waals surface area contributed by atoms with Crippen LogP contribution in [0.25, 0.3) is 0 Å². The molecule has 0 aliphatic carbocycles. The summed E-state index contributed by atoms with van der Waals surface area (Å²) in [4.78, 5) is 28.8. The lowest BCUT2D eigenvalue weighted by Crippen LogP contribution is -2.38. The normalized spacial score (nSPS) is 14.9. The highest BCUT2D eigenvalue weighted by atomic mass is 32.1. The standard InChI is InChI=1S/C21H24N4O3S/c1-14-3-8-18(29-14)20(26)24-11-9-16(10-12-24)19-22-23-21(27)25(19)13-15-4-6-17(28-2)7-5-15/h3-8,16H,9-13H2,1-2H3,(H,23,27). The number of carbonyl (C=O) groups is 1. The summed E-state index contributed by atoms with van der Waals surface area (Å²) in [5.74, 6) is 1.80. The minimum absolute atomic E-state index is 0.0965. The fourth-order valence-corrected chi connectivity index (χ4v) is 4.59. The molecule has 1 saturated heterocycles. The van der Waals surface area contributed by atoms with Gasteiger partial charge < -0.3 is 9.64 Å². The van der Waals surface area contributed by atoms with Crippen molar-refractivity contribution in [1.82, 2.24) is 19.7 Å². The third-order valence-corrected chi connectivity index (χ3v) is 6.37. The van der Waals surface area contributed by atoms with E-state index in [-0.39, 0.29) is 17.5 Å². The number of aromatic amines is 1. The summed E-state index contributed by atoms with van der Waals surface area (Å²) in [6, 6.07) is 11.5. The molecule has 1 N–H and O–H groups in total. The highest BCUT2D eigenvalue weighted by molar-refractivity contribution is 7.13. The van der Waals surface area contributed by atoms with E-state index in [1.54, 1.807) is 11.7 Å². The Morgan fingerprint density at radius 2 is 1.93 bits per heavy atom. The molecule has 1 amide bonds. The predicted octanol–water partition coefficient (Wildman–Crippen LogP) is 3.02. The zero-order valence-corrected chi connectivity index (χ0v) is 17.4. The number of nitrogens with one attached hydrogen (secondary N) is 1. The third kappa shape index (κ3) is 4.12. The van der Waals surface area contributed by atoms with E-state index in [4.69, 9.17) is 4.74 Å². The largest absolute Gasteiger partial charge is 0.497 e. The fourth-order valence-electron chi connectivity index (χ4n) is 3.75. The van der Waals surface area contributed by atoms with E-state index >= 15 is 0 Å². The molecule has 3 aromatic rings. The van der Waals surface area contributed by atoms with E-state index in [9.17, 15) is 9.59 Å². The smallest absolute Gasteiger partial charge is 0.343 e. The average molecular weight is 413 g/mol. The van der Waals surface area contributed by atoms with Crippen LogP contribution in [0.3, 0.4) is 0 Å². The Morgan fingerprint density at radius 1 is 1.21 bits per heavy atom. The van der Waals surface area contributed by atoms with Crippen molar-refractivity contribution in [3.05, 3.63) is 68.0 Å². The topological polar surface area (TPSA) is 80.2 Å². The number of rotatable bonds is 5. The molecule has 0 unspecified atom stereocenters. The van der Waals surface area contributed by atoms with Crippen molar-refractivity contribution in [2.45, 2.75) is 32.2 Å². The Kier molecular flexibility index (Phi) is 5.53. The van der Waals surface area contributed by atoms with Gasteiger partial charge in [0.15, 0.2) is 0 Å². The molecular weight excluding hydrogens is 388 g/mol. The van der Waals surface area contributed by atoms with Gasteiger partial charge in [-0.3, -0.25) is 9.36 Å². The van der Waals surface area contributed by atoms with E-state index < -0.39 is 0 Å². The molecule has 1 aliphatic heterocycles. The van der Waals surface area contributed by atoms with Crippen LogP contribution in [0.1, 0.15) is 44.7 Å². The molecule has 0 spiro atoms. The number of piperidine rings is 1. The molecule has 8 heteroatoms. The Hall–Kier alpha value is -2.87. The summed E-state index contributed by atoms with van der Waals surface area (Å²) in [5, 5.41) is 6.89. The minimum atomic E-state index is -0.205. The first-order valence-corrected chi connectivity index (χ1v) is 10.5. The van der Waals surface area contributed by atoms with E-state index in [2.05, 4.69) is 10.2 Å². The van der Waals surface area contributed by atoms with Gasteiger partial charge in [-0.15, -0.1) is 11.3 Å². The maximum atomic E-state index is 12.7. The second-order valence-electron chi connectivity index (χ2n) is 7.30. The number of likely N-dealkylation sites (tertiary alicyclic amines) is 1. The van der Waals surface area contributed by atoms with Gasteiger partial charge in [-0.25, -0.2) is 9.89 Å². The lowest BCUT2D eigenvalue weighted by atomic mass is 9.95. The molecule has 7 nitrogen and oxygen atoms in total. The summed E-state index contributed by atoms with van der Waals surface area (Å²) >= 11 is 1.53. The zero-order valence-electron chi connectivity index (χ0n) is 16.6. The Bertz CT molecular complexity index is 1040. The summed E-state index contributed by atoms with van der Waals surface area (Å²) in [7, 11) is 1.63. The number of amides is 1. The van der Waals surface area contributed by atoms with Gasteiger partial charge in [0.2, 0.25) is 0 Å². The summed E-state index contributed by atoms with van der Waals surface area (Å²) < 4.78 is 6.89. The lowest BCUT2D eigenvalue weighted by Gasteiger charge is -2.31. The molecule has 0 atom stereocenters. The number of aromatic nitrogens is 3. The molecule has 2 aromatic heterocycles. The van der Waals surface area contributed by atoms with E-state index in [0.29, 0.717) is 19.6 Å². The molecule has 4 rings (SSSR count). The maximum absolute atomic E-state index is 12.7. The molecule has 1 aliphatic rings. The quantitative estimate of drug-likeness (QED) is 0.699. The summed E-state index contributed by atoms with van der Waals surface area (Å²) in [6.45, 7) is 3.81. The van der Waals surface area contributed by atoms with Crippen molar-refractivity contribution in [3.63, 3.8) is 0 Å². The molecule has 29 heavy (non-hydrogen) atoms. The van der Waals surface area contributed by atoms with Crippen molar-refractivity contribution >= 4 is 17.2 Å². The Labute approximate surface area is 172 Å². The number of carbonyl (C=O) groups excluding carboxylic acids is 1. The number of ether oxygens (including phenoxy) is 1. The molecule has 1 aromatic carbocycles. The number of aryl methyl sites for hydroxylation is 1. The van der Waals surface area contributed by atoms with Gasteiger partial charge in [0.05, 0.1) is 18.5 Å². The lowest BCUT2D eigenvalue weighted by molar-refractivity contribution is 0.0715. The Balaban J connectivity index is 1.45. The second kappa shape index (κ2) is 8.24. The first kappa shape index (κ1) is 19.4. The minimum Gasteiger partial charge on any atom is -0.497 e. The molecule has 0 radical (unpaired) electrons. The van der Waals surface area contributed by atoms with Gasteiger partial charge in [0, 0.05) is 23.9 Å². The van der Waals surface area contributed by atoms with Crippen LogP contribution in [0.4, 0.5) is 0 Å². The van der Waals surface area contributed by atoms with Crippen LogP contribution < -0.4 is 10.4 Å². The highest BCUT2D eigenvalue weighted by Gasteiger charge is 2.28. The molecule has 152 valence electrons. The number of hydrogen-bond acceptors (Lipinski definition) is 5. The van der Waals surface area contributed by atoms with Crippen LogP contribution in [0.2, 0.25) is 0 Å². The Morgan fingerprint density at radius 3 is 2.55 bits per heavy atom. The van der Waals surface area contributed by atoms with Crippen molar-refractivity contribution in [1.29, 1.82) is 0 Å². The van der Waals surface area contributed by atoms with Crippen LogP contribution in [-0.4, -0.2) is 45.8 Å². The summed E-state index contributed by atoms with van der Waals surface area (Å²) in [5.41, 5.74) is 0.805. The monoisotopic (exact) mass is 412 g/mol. The van der Waals surface area contributed by atoms with Crippen molar-refractivity contribution in [3.8, 4) is 5.75 Å². The number of hydrogen-bond donors (Lipinski definition) is 1. The molecule has 1 fully saturated rings. The van der Waals surface area contributed by atoms with Gasteiger partial charge >= 0.3 is 5.69 Å². The van der Waals surface area contributed by atoms with Gasteiger partial charge in [0.1, 0.15) is 11.6 Å². The number of H-pyrrole nitrogens is 1. The van der Waals surface area contributed by atoms with Crippen LogP contribution >= 0.6 is 11.3 Å². The molecular formula is C21H24N4O3S. The predicted molar refractivity (Wildman–Crippen MR) is 112 cm³/mol. The molecule has 0 bridgehead atoms. The van der Waals surface area contributed by atoms with Crippen molar-refractivity contribution < 1.29 is 9.53 Å². The molecule has 3 heterocycles. The van der Waals surface area contributed by atoms with E-state index in [1.807, 2.05) is 48.2 Å². The maximum Gasteiger partial charge on any atom is 0.343 e. The van der Waals surface area contributed by atoms with Crippen molar-refractivity contribution in [2.24, 2.45) is 0 Å². The first-order chi connectivity index (χ1) is 14.0. The number of nitrogens with zero attached hydrogens (tertiary/aromatic N) is 3. The molecule has 0 saturated carbocycles. The van der Waals surface area contributed by atoms with Crippen LogP contribution in [0.5, 0.6) is 5.75 Å². The number of benzene rings is 1. The zero-order chi connectivity index (χ0) is 20.4. The van der Waals surface area contributed by atoms with E-state index in [1.165, 1.54) is 11.3 Å². The highest BCUT2D eigenvalue weighted by Crippen LogP contribution is 2.28. The van der Waals surface area contributed by atoms with Crippen LogP contribution in [0, 0.1) is 6.92 Å². The van der Waals surface area contributed by atoms with Gasteiger partial charge in [-0.05, 0) is 49.6 Å². The fraction of sp³-hybridized carbons (Fsp3) is 0.381.